The lowest BCUT2D eigenvalue weighted by molar-refractivity contribution is -0.274. The maximum atomic E-state index is 12.2. The number of carbonyl (C=O) groups is 1. The molecule has 0 saturated heterocycles. The van der Waals surface area contributed by atoms with Gasteiger partial charge in [-0.2, -0.15) is 5.10 Å². The fraction of sp³-hybridized carbons (Fsp3) is 0.182. The Bertz CT molecular complexity index is 1200. The molecule has 1 aliphatic heterocycles. The minimum Gasteiger partial charge on any atom is -0.492 e. The highest BCUT2D eigenvalue weighted by Crippen LogP contribution is 2.27. The number of nitrogens with zero attached hydrogens (tertiary/aromatic N) is 2. The van der Waals surface area contributed by atoms with Crippen LogP contribution in [-0.2, 0) is 6.54 Å². The van der Waals surface area contributed by atoms with Crippen molar-refractivity contribution in [3.63, 3.8) is 0 Å². The molecule has 2 heterocycles. The topological polar surface area (TPSA) is 85.1 Å². The Balaban J connectivity index is 1.49. The van der Waals surface area contributed by atoms with E-state index in [1.54, 1.807) is 23.0 Å². The van der Waals surface area contributed by atoms with E-state index < -0.39 is 12.3 Å². The van der Waals surface area contributed by atoms with Gasteiger partial charge in [0, 0.05) is 29.7 Å². The molecule has 7 nitrogen and oxygen atoms in total. The van der Waals surface area contributed by atoms with Crippen molar-refractivity contribution >= 4 is 28.7 Å². The minimum atomic E-state index is -4.76. The number of benzene rings is 2. The van der Waals surface area contributed by atoms with E-state index in [4.69, 9.17) is 4.74 Å². The summed E-state index contributed by atoms with van der Waals surface area (Å²) in [6.45, 7) is 0.360. The van der Waals surface area contributed by atoms with Crippen LogP contribution >= 0.6 is 0 Å². The molecule has 4 rings (SSSR count). The van der Waals surface area contributed by atoms with Gasteiger partial charge in [0.15, 0.2) is 0 Å². The van der Waals surface area contributed by atoms with Crippen molar-refractivity contribution in [2.75, 3.05) is 6.61 Å². The fourth-order valence-corrected chi connectivity index (χ4v) is 3.45. The van der Waals surface area contributed by atoms with Crippen LogP contribution < -0.4 is 14.9 Å². The summed E-state index contributed by atoms with van der Waals surface area (Å²) in [6, 6.07) is 12.3. The highest BCUT2D eigenvalue weighted by molar-refractivity contribution is 5.96. The van der Waals surface area contributed by atoms with Gasteiger partial charge in [-0.25, -0.2) is 4.79 Å². The van der Waals surface area contributed by atoms with Crippen molar-refractivity contribution in [3.8, 4) is 11.5 Å². The molecule has 3 aromatic rings. The smallest absolute Gasteiger partial charge is 0.492 e. The zero-order valence-electron chi connectivity index (χ0n) is 16.6. The van der Waals surface area contributed by atoms with Crippen LogP contribution in [0.4, 0.5) is 13.2 Å². The summed E-state index contributed by atoms with van der Waals surface area (Å²) in [5.41, 5.74) is 5.65. The molecule has 0 bridgehead atoms. The van der Waals surface area contributed by atoms with E-state index in [2.05, 4.69) is 15.3 Å². The number of ether oxygens (including phenoxy) is 2. The summed E-state index contributed by atoms with van der Waals surface area (Å²) in [4.78, 5) is 11.8. The number of halogens is 3. The predicted octanol–water partition coefficient (Wildman–Crippen LogP) is 4.64. The Labute approximate surface area is 180 Å². The second-order valence-electron chi connectivity index (χ2n) is 6.94. The van der Waals surface area contributed by atoms with Gasteiger partial charge in [-0.15, -0.1) is 13.2 Å². The number of aromatic nitrogens is 1. The normalized spacial score (nSPS) is 13.5. The van der Waals surface area contributed by atoms with E-state index in [9.17, 15) is 23.1 Å². The third kappa shape index (κ3) is 4.85. The third-order valence-electron chi connectivity index (χ3n) is 4.85. The van der Waals surface area contributed by atoms with E-state index in [0.29, 0.717) is 12.2 Å². The van der Waals surface area contributed by atoms with Gasteiger partial charge in [0.1, 0.15) is 23.8 Å². The van der Waals surface area contributed by atoms with E-state index >= 15 is 0 Å². The maximum absolute atomic E-state index is 12.2. The van der Waals surface area contributed by atoms with E-state index in [1.165, 1.54) is 12.1 Å². The molecule has 10 heteroatoms. The second kappa shape index (κ2) is 8.66. The number of carboxylic acids is 1. The minimum absolute atomic E-state index is 0.118. The van der Waals surface area contributed by atoms with Gasteiger partial charge < -0.3 is 19.1 Å². The molecule has 32 heavy (non-hydrogen) atoms. The lowest BCUT2D eigenvalue weighted by Crippen LogP contribution is -2.17. The van der Waals surface area contributed by atoms with Crippen LogP contribution in [-0.4, -0.2) is 34.8 Å². The summed E-state index contributed by atoms with van der Waals surface area (Å²) in [5, 5.41) is 14.3. The standard InChI is InChI=1S/C22H18F3N3O4/c23-22(24,25)32-18-4-2-17(3-5-18)31-10-9-28-19-6-1-14(15-7-8-26-27-13-15)11-16(19)12-20(28)21(29)30/h1-6,8,11-13,27H,7,9-10H2,(H,29,30). The number of alkyl halides is 3. The van der Waals surface area contributed by atoms with Crippen molar-refractivity contribution in [1.29, 1.82) is 0 Å². The molecule has 0 fully saturated rings. The summed E-state index contributed by atoms with van der Waals surface area (Å²) < 4.78 is 47.8. The number of fused-ring (bicyclic) bond motifs is 1. The van der Waals surface area contributed by atoms with Crippen LogP contribution in [0.3, 0.4) is 0 Å². The van der Waals surface area contributed by atoms with Crippen LogP contribution in [0.25, 0.3) is 16.5 Å². The zero-order chi connectivity index (χ0) is 22.7. The van der Waals surface area contributed by atoms with Gasteiger partial charge in [-0.1, -0.05) is 6.07 Å². The first-order valence-corrected chi connectivity index (χ1v) is 9.62. The maximum Gasteiger partial charge on any atom is 0.573 e. The summed E-state index contributed by atoms with van der Waals surface area (Å²) in [6.07, 6.45) is -0.532. The number of rotatable bonds is 7. The van der Waals surface area contributed by atoms with Gasteiger partial charge in [-0.05, 0) is 53.6 Å². The SMILES string of the molecule is O=C(O)c1cc2cc(C3=CNN=CC3)ccc2n1CCOc1ccc(OC(F)(F)F)cc1. The molecular formula is C22H18F3N3O4. The lowest BCUT2D eigenvalue weighted by atomic mass is 10.0. The van der Waals surface area contributed by atoms with E-state index in [1.807, 2.05) is 18.2 Å². The molecule has 1 aromatic heterocycles. The molecule has 0 radical (unpaired) electrons. The van der Waals surface area contributed by atoms with Gasteiger partial charge >= 0.3 is 12.3 Å². The molecule has 2 N–H and O–H groups in total. The van der Waals surface area contributed by atoms with Crippen LogP contribution in [0.2, 0.25) is 0 Å². The molecule has 1 aliphatic rings. The molecule has 166 valence electrons. The van der Waals surface area contributed by atoms with Crippen molar-refractivity contribution in [2.45, 2.75) is 19.3 Å². The first-order chi connectivity index (χ1) is 15.3. The average Bonchev–Trinajstić information content (AvgIpc) is 3.13. The summed E-state index contributed by atoms with van der Waals surface area (Å²) in [7, 11) is 0. The Hall–Kier alpha value is -3.95. The van der Waals surface area contributed by atoms with Gasteiger partial charge in [0.05, 0.1) is 6.54 Å². The van der Waals surface area contributed by atoms with Crippen LogP contribution in [0.1, 0.15) is 22.5 Å². The number of nitrogens with one attached hydrogen (secondary N) is 1. The third-order valence-corrected chi connectivity index (χ3v) is 4.85. The molecule has 0 amide bonds. The summed E-state index contributed by atoms with van der Waals surface area (Å²) in [5.74, 6) is -1.07. The van der Waals surface area contributed by atoms with Crippen molar-refractivity contribution in [2.24, 2.45) is 5.10 Å². The number of allylic oxidation sites excluding steroid dienone is 1. The van der Waals surface area contributed by atoms with Gasteiger partial charge in [0.2, 0.25) is 0 Å². The fourth-order valence-electron chi connectivity index (χ4n) is 3.45. The second-order valence-corrected chi connectivity index (χ2v) is 6.94. The Morgan fingerprint density at radius 1 is 1.12 bits per heavy atom. The van der Waals surface area contributed by atoms with E-state index in [0.717, 1.165) is 34.2 Å². The highest BCUT2D eigenvalue weighted by Gasteiger charge is 2.31. The van der Waals surface area contributed by atoms with Gasteiger partial charge in [-0.3, -0.25) is 5.43 Å². The molecule has 2 aromatic carbocycles. The number of carboxylic acid groups (broad SMARTS) is 1. The summed E-state index contributed by atoms with van der Waals surface area (Å²) >= 11 is 0. The molecule has 0 spiro atoms. The van der Waals surface area contributed by atoms with E-state index in [-0.39, 0.29) is 24.6 Å². The quantitative estimate of drug-likeness (QED) is 0.554. The Kier molecular flexibility index (Phi) is 5.76. The molecule has 0 unspecified atom stereocenters. The number of aromatic carboxylic acids is 1. The highest BCUT2D eigenvalue weighted by atomic mass is 19.4. The van der Waals surface area contributed by atoms with Crippen LogP contribution in [0.15, 0.2) is 59.8 Å². The van der Waals surface area contributed by atoms with Crippen molar-refractivity contribution in [1.82, 2.24) is 9.99 Å². The number of hydrazone groups is 1. The van der Waals surface area contributed by atoms with Crippen molar-refractivity contribution in [3.05, 3.63) is 66.0 Å². The van der Waals surface area contributed by atoms with Crippen molar-refractivity contribution < 1.29 is 32.5 Å². The number of hydrogen-bond donors (Lipinski definition) is 2. The lowest BCUT2D eigenvalue weighted by Gasteiger charge is -2.12. The monoisotopic (exact) mass is 445 g/mol. The molecule has 0 saturated carbocycles. The Morgan fingerprint density at radius 2 is 1.88 bits per heavy atom. The Morgan fingerprint density at radius 3 is 2.53 bits per heavy atom. The van der Waals surface area contributed by atoms with Gasteiger partial charge in [0.25, 0.3) is 0 Å². The van der Waals surface area contributed by atoms with Crippen LogP contribution in [0, 0.1) is 0 Å². The number of hydrogen-bond acceptors (Lipinski definition) is 5. The molecular weight excluding hydrogens is 427 g/mol. The predicted molar refractivity (Wildman–Crippen MR) is 112 cm³/mol. The first-order valence-electron chi connectivity index (χ1n) is 9.62. The molecule has 0 atom stereocenters. The van der Waals surface area contributed by atoms with Crippen LogP contribution in [0.5, 0.6) is 11.5 Å². The largest absolute Gasteiger partial charge is 0.573 e. The first kappa shape index (κ1) is 21.3. The average molecular weight is 445 g/mol. The molecule has 0 aliphatic carbocycles. The zero-order valence-corrected chi connectivity index (χ0v) is 16.6.